The smallest absolute Gasteiger partial charge is 0.276 e. The first-order valence-electron chi connectivity index (χ1n) is 6.87. The van der Waals surface area contributed by atoms with Gasteiger partial charge in [0, 0.05) is 6.20 Å². The maximum Gasteiger partial charge on any atom is 0.435 e. The van der Waals surface area contributed by atoms with Crippen molar-refractivity contribution in [1.82, 2.24) is 14.8 Å². The van der Waals surface area contributed by atoms with Crippen LogP contribution in [0.1, 0.15) is 31.0 Å². The average Bonchev–Trinajstić information content (AvgIpc) is 2.85. The Balaban J connectivity index is 1.95. The molecule has 0 unspecified atom stereocenters. The molecule has 2 aromatic heterocycles. The fourth-order valence-electron chi connectivity index (χ4n) is 2.33. The van der Waals surface area contributed by atoms with Crippen LogP contribution in [0.5, 0.6) is 0 Å². The van der Waals surface area contributed by atoms with Gasteiger partial charge in [-0.2, -0.15) is 26.7 Å². The number of nitrogens with one attached hydrogen (secondary N) is 1. The molecule has 1 saturated carbocycles. The Hall–Kier alpha value is -2.10. The van der Waals surface area contributed by atoms with Gasteiger partial charge in [-0.1, -0.05) is 0 Å². The van der Waals surface area contributed by atoms with Crippen LogP contribution in [0.25, 0.3) is 0 Å². The zero-order chi connectivity index (χ0) is 16.7. The van der Waals surface area contributed by atoms with Crippen LogP contribution in [0.2, 0.25) is 0 Å². The third-order valence-electron chi connectivity index (χ3n) is 3.65. The number of rotatable bonds is 4. The predicted molar refractivity (Wildman–Crippen MR) is 75.2 cm³/mol. The van der Waals surface area contributed by atoms with Crippen molar-refractivity contribution in [2.45, 2.75) is 36.5 Å². The van der Waals surface area contributed by atoms with Gasteiger partial charge in [-0.25, -0.2) is 9.67 Å². The number of alkyl halides is 3. The van der Waals surface area contributed by atoms with E-state index in [2.05, 4.69) is 10.1 Å². The predicted octanol–water partition coefficient (Wildman–Crippen LogP) is 2.82. The summed E-state index contributed by atoms with van der Waals surface area (Å²) < 4.78 is 67.0. The number of pyridine rings is 1. The van der Waals surface area contributed by atoms with E-state index in [0.29, 0.717) is 0 Å². The van der Waals surface area contributed by atoms with Crippen molar-refractivity contribution in [2.75, 3.05) is 4.72 Å². The van der Waals surface area contributed by atoms with Gasteiger partial charge >= 0.3 is 6.18 Å². The van der Waals surface area contributed by atoms with Crippen molar-refractivity contribution in [3.05, 3.63) is 36.3 Å². The number of hydrogen-bond acceptors (Lipinski definition) is 4. The van der Waals surface area contributed by atoms with E-state index in [4.69, 9.17) is 0 Å². The minimum atomic E-state index is -4.76. The summed E-state index contributed by atoms with van der Waals surface area (Å²) in [7, 11) is -4.19. The van der Waals surface area contributed by atoms with E-state index in [1.165, 1.54) is 23.0 Å². The second-order valence-electron chi connectivity index (χ2n) is 5.20. The van der Waals surface area contributed by atoms with Gasteiger partial charge in [-0.3, -0.25) is 4.72 Å². The van der Waals surface area contributed by atoms with Gasteiger partial charge < -0.3 is 0 Å². The Morgan fingerprint density at radius 1 is 1.22 bits per heavy atom. The number of hydrogen-bond donors (Lipinski definition) is 1. The van der Waals surface area contributed by atoms with Gasteiger partial charge in [0.05, 0.1) is 17.9 Å². The third-order valence-corrected chi connectivity index (χ3v) is 5.01. The molecule has 0 atom stereocenters. The second kappa shape index (κ2) is 5.52. The lowest BCUT2D eigenvalue weighted by Crippen LogP contribution is -2.25. The summed E-state index contributed by atoms with van der Waals surface area (Å²) in [5.41, 5.74) is -1.89. The van der Waals surface area contributed by atoms with Crippen molar-refractivity contribution < 1.29 is 21.6 Å². The molecule has 124 valence electrons. The molecule has 10 heteroatoms. The monoisotopic (exact) mass is 346 g/mol. The van der Waals surface area contributed by atoms with Crippen LogP contribution < -0.4 is 4.72 Å². The average molecular weight is 346 g/mol. The molecule has 0 radical (unpaired) electrons. The Labute approximate surface area is 130 Å². The van der Waals surface area contributed by atoms with Gasteiger partial charge in [0.25, 0.3) is 10.0 Å². The molecule has 1 fully saturated rings. The van der Waals surface area contributed by atoms with E-state index >= 15 is 0 Å². The summed E-state index contributed by atoms with van der Waals surface area (Å²) in [5, 5.41) is 3.82. The Morgan fingerprint density at radius 3 is 2.57 bits per heavy atom. The van der Waals surface area contributed by atoms with Gasteiger partial charge in [0.2, 0.25) is 0 Å². The van der Waals surface area contributed by atoms with Crippen molar-refractivity contribution in [3.63, 3.8) is 0 Å². The highest BCUT2D eigenvalue weighted by molar-refractivity contribution is 7.92. The topological polar surface area (TPSA) is 76.9 Å². The molecule has 0 bridgehead atoms. The molecule has 1 aliphatic carbocycles. The number of sulfonamides is 1. The lowest BCUT2D eigenvalue weighted by molar-refractivity contribution is -0.140. The van der Waals surface area contributed by atoms with Crippen LogP contribution in [0, 0.1) is 0 Å². The van der Waals surface area contributed by atoms with Crippen molar-refractivity contribution in [2.24, 2.45) is 0 Å². The van der Waals surface area contributed by atoms with E-state index in [-0.39, 0.29) is 11.1 Å². The lowest BCUT2D eigenvalue weighted by Gasteiger charge is -2.27. The zero-order valence-corrected chi connectivity index (χ0v) is 12.6. The fourth-order valence-corrected chi connectivity index (χ4v) is 3.57. The van der Waals surface area contributed by atoms with Crippen LogP contribution in [0.3, 0.4) is 0 Å². The van der Waals surface area contributed by atoms with E-state index in [9.17, 15) is 21.6 Å². The molecule has 0 saturated heterocycles. The standard InChI is InChI=1S/C13H13F3N4O2S/c14-13(15,16)12-10(5-2-7-17-12)19-23(21,22)11-6-8-18-20(11)9-3-1-4-9/h2,5-9,19H,1,3-4H2. The number of nitrogens with zero attached hydrogens (tertiary/aromatic N) is 3. The summed E-state index contributed by atoms with van der Waals surface area (Å²) in [6.45, 7) is 0. The highest BCUT2D eigenvalue weighted by Gasteiger charge is 2.37. The van der Waals surface area contributed by atoms with Crippen LogP contribution >= 0.6 is 0 Å². The summed E-state index contributed by atoms with van der Waals surface area (Å²) in [5.74, 6) is 0. The Bertz CT molecular complexity index is 813. The SMILES string of the molecule is O=S(=O)(Nc1cccnc1C(F)(F)F)c1ccnn1C1CCC1. The van der Waals surface area contributed by atoms with Crippen molar-refractivity contribution >= 4 is 15.7 Å². The molecule has 0 spiro atoms. The molecule has 2 heterocycles. The first-order valence-corrected chi connectivity index (χ1v) is 8.36. The fraction of sp³-hybridized carbons (Fsp3) is 0.385. The molecule has 3 rings (SSSR count). The van der Waals surface area contributed by atoms with E-state index in [1.54, 1.807) is 0 Å². The largest absolute Gasteiger partial charge is 0.435 e. The first-order chi connectivity index (χ1) is 10.8. The molecular formula is C13H13F3N4O2S. The van der Waals surface area contributed by atoms with Gasteiger partial charge in [-0.05, 0) is 37.5 Å². The summed E-state index contributed by atoms with van der Waals surface area (Å²) >= 11 is 0. The highest BCUT2D eigenvalue weighted by Crippen LogP contribution is 2.35. The molecule has 1 N–H and O–H groups in total. The van der Waals surface area contributed by atoms with Crippen LogP contribution in [0.15, 0.2) is 35.6 Å². The van der Waals surface area contributed by atoms with Gasteiger partial charge in [0.15, 0.2) is 10.7 Å². The lowest BCUT2D eigenvalue weighted by atomic mass is 9.93. The first kappa shape index (κ1) is 15.8. The highest BCUT2D eigenvalue weighted by atomic mass is 32.2. The van der Waals surface area contributed by atoms with E-state index in [0.717, 1.165) is 31.5 Å². The second-order valence-corrected chi connectivity index (χ2v) is 6.83. The molecule has 23 heavy (non-hydrogen) atoms. The molecule has 6 nitrogen and oxygen atoms in total. The van der Waals surface area contributed by atoms with E-state index in [1.807, 2.05) is 4.72 Å². The normalized spacial score (nSPS) is 16.1. The zero-order valence-electron chi connectivity index (χ0n) is 11.8. The van der Waals surface area contributed by atoms with Gasteiger partial charge in [-0.15, -0.1) is 0 Å². The quantitative estimate of drug-likeness (QED) is 0.923. The minimum absolute atomic E-state index is 0.0347. The maximum atomic E-state index is 12.9. The van der Waals surface area contributed by atoms with Crippen LogP contribution in [-0.2, 0) is 16.2 Å². The molecule has 0 aliphatic heterocycles. The summed E-state index contributed by atoms with van der Waals surface area (Å²) in [6, 6.07) is 3.49. The van der Waals surface area contributed by atoms with Crippen molar-refractivity contribution in [1.29, 1.82) is 0 Å². The Kier molecular flexibility index (Phi) is 3.78. The van der Waals surface area contributed by atoms with Crippen LogP contribution in [0.4, 0.5) is 18.9 Å². The number of halogens is 3. The van der Waals surface area contributed by atoms with E-state index < -0.39 is 27.6 Å². The molecule has 0 amide bonds. The molecule has 1 aliphatic rings. The number of aromatic nitrogens is 3. The molecule has 0 aromatic carbocycles. The minimum Gasteiger partial charge on any atom is -0.276 e. The van der Waals surface area contributed by atoms with Gasteiger partial charge in [0.1, 0.15) is 0 Å². The molecular weight excluding hydrogens is 333 g/mol. The maximum absolute atomic E-state index is 12.9. The summed E-state index contributed by atoms with van der Waals surface area (Å²) in [6.07, 6.45) is 0.0847. The third kappa shape index (κ3) is 3.03. The van der Waals surface area contributed by atoms with Crippen molar-refractivity contribution in [3.8, 4) is 0 Å². The summed E-state index contributed by atoms with van der Waals surface area (Å²) in [4.78, 5) is 3.23. The molecule has 2 aromatic rings. The Morgan fingerprint density at radius 2 is 1.96 bits per heavy atom. The van der Waals surface area contributed by atoms with Crippen LogP contribution in [-0.4, -0.2) is 23.2 Å². The number of anilines is 1.